The molecule has 0 radical (unpaired) electrons. The van der Waals surface area contributed by atoms with Crippen LogP contribution in [0.25, 0.3) is 49.8 Å². The van der Waals surface area contributed by atoms with Crippen molar-refractivity contribution in [3.63, 3.8) is 0 Å². The molecule has 3 heterocycles. The summed E-state index contributed by atoms with van der Waals surface area (Å²) in [5, 5.41) is 3.55. The van der Waals surface area contributed by atoms with Crippen LogP contribution in [0.5, 0.6) is 0 Å². The summed E-state index contributed by atoms with van der Waals surface area (Å²) in [7, 11) is -0.441. The van der Waals surface area contributed by atoms with E-state index in [4.69, 9.17) is 14.3 Å². The number of nitrogens with zero attached hydrogens (tertiary/aromatic N) is 2. The van der Waals surface area contributed by atoms with E-state index in [0.717, 1.165) is 39.1 Å². The number of hydrogen-bond acceptors (Lipinski definition) is 3. The zero-order valence-corrected chi connectivity index (χ0v) is 22.1. The summed E-state index contributed by atoms with van der Waals surface area (Å²) >= 11 is 0. The molecule has 4 nitrogen and oxygen atoms in total. The minimum atomic E-state index is -0.441. The molecule has 5 heteroatoms. The van der Waals surface area contributed by atoms with E-state index in [-0.39, 0.29) is 0 Å². The minimum Gasteiger partial charge on any atom is -0.399 e. The van der Waals surface area contributed by atoms with E-state index < -0.39 is 18.3 Å². The Balaban J connectivity index is 1.60. The van der Waals surface area contributed by atoms with Gasteiger partial charge in [0.2, 0.25) is 0 Å². The average Bonchev–Trinajstić information content (AvgIpc) is 3.44. The second-order valence-corrected chi connectivity index (χ2v) is 11.1. The first-order chi connectivity index (χ1) is 18.3. The third-order valence-electron chi connectivity index (χ3n) is 8.22. The monoisotopic (exact) mass is 496 g/mol. The van der Waals surface area contributed by atoms with E-state index >= 15 is 0 Å². The number of imidazole rings is 1. The van der Waals surface area contributed by atoms with Gasteiger partial charge in [-0.15, -0.1) is 0 Å². The van der Waals surface area contributed by atoms with Crippen LogP contribution in [-0.4, -0.2) is 27.7 Å². The summed E-state index contributed by atoms with van der Waals surface area (Å²) in [5.74, 6) is 0.918. The molecule has 4 aromatic carbocycles. The predicted octanol–water partition coefficient (Wildman–Crippen LogP) is 7.27. The Kier molecular flexibility index (Phi) is 5.06. The normalized spacial score (nSPS) is 16.6. The van der Waals surface area contributed by atoms with Gasteiger partial charge >= 0.3 is 7.12 Å². The summed E-state index contributed by atoms with van der Waals surface area (Å²) < 4.78 is 15.2. The standard InChI is InChI=1S/C33H29BN2O2/c1-32(2)33(3,4)38-34(37-32)24-19-20-26-25-17-11-12-18-27(25)30-29(22-13-7-5-8-14-22)35-31(36(30)28(26)21-24)23-15-9-6-10-16-23/h5-21H,1-4H3. The fourth-order valence-corrected chi connectivity index (χ4v) is 5.49. The Labute approximate surface area is 223 Å². The third-order valence-corrected chi connectivity index (χ3v) is 8.22. The van der Waals surface area contributed by atoms with Gasteiger partial charge in [-0.1, -0.05) is 97.1 Å². The smallest absolute Gasteiger partial charge is 0.399 e. The summed E-state index contributed by atoms with van der Waals surface area (Å²) in [6, 6.07) is 36.1. The molecule has 1 aliphatic rings. The highest BCUT2D eigenvalue weighted by atomic mass is 16.7. The number of benzene rings is 4. The zero-order chi connectivity index (χ0) is 26.1. The summed E-state index contributed by atoms with van der Waals surface area (Å²) in [4.78, 5) is 5.30. The van der Waals surface area contributed by atoms with Crippen LogP contribution >= 0.6 is 0 Å². The topological polar surface area (TPSA) is 35.8 Å². The van der Waals surface area contributed by atoms with Crippen molar-refractivity contribution in [3.05, 3.63) is 103 Å². The Morgan fingerprint density at radius 1 is 0.632 bits per heavy atom. The summed E-state index contributed by atoms with van der Waals surface area (Å²) in [6.07, 6.45) is 0. The van der Waals surface area contributed by atoms with Gasteiger partial charge < -0.3 is 9.31 Å². The van der Waals surface area contributed by atoms with Crippen molar-refractivity contribution in [1.29, 1.82) is 0 Å². The van der Waals surface area contributed by atoms with Gasteiger partial charge in [0, 0.05) is 21.9 Å². The molecule has 0 bridgehead atoms. The van der Waals surface area contributed by atoms with Crippen LogP contribution < -0.4 is 5.46 Å². The van der Waals surface area contributed by atoms with Gasteiger partial charge in [0.1, 0.15) is 5.82 Å². The Morgan fingerprint density at radius 3 is 1.87 bits per heavy atom. The van der Waals surface area contributed by atoms with E-state index in [0.29, 0.717) is 0 Å². The van der Waals surface area contributed by atoms with Crippen molar-refractivity contribution in [3.8, 4) is 22.6 Å². The number of rotatable bonds is 3. The fourth-order valence-electron chi connectivity index (χ4n) is 5.49. The molecule has 2 aromatic heterocycles. The first kappa shape index (κ1) is 23.2. The maximum absolute atomic E-state index is 6.44. The van der Waals surface area contributed by atoms with Crippen molar-refractivity contribution in [2.24, 2.45) is 0 Å². The SMILES string of the molecule is CC1(C)OB(c2ccc3c4ccccc4c4c(-c5ccccc5)nc(-c5ccccc5)n4c3c2)OC1(C)C. The minimum absolute atomic E-state index is 0.407. The first-order valence-corrected chi connectivity index (χ1v) is 13.2. The molecule has 0 amide bonds. The maximum atomic E-state index is 6.44. The fraction of sp³-hybridized carbons (Fsp3) is 0.182. The van der Waals surface area contributed by atoms with Gasteiger partial charge in [-0.3, -0.25) is 4.40 Å². The molecule has 38 heavy (non-hydrogen) atoms. The van der Waals surface area contributed by atoms with Gasteiger partial charge in [0.15, 0.2) is 0 Å². The number of hydrogen-bond donors (Lipinski definition) is 0. The Morgan fingerprint density at radius 2 is 1.21 bits per heavy atom. The number of fused-ring (bicyclic) bond motifs is 6. The largest absolute Gasteiger partial charge is 0.494 e. The van der Waals surface area contributed by atoms with Crippen LogP contribution in [0.4, 0.5) is 0 Å². The van der Waals surface area contributed by atoms with Gasteiger partial charge in [0.25, 0.3) is 0 Å². The lowest BCUT2D eigenvalue weighted by Gasteiger charge is -2.32. The molecule has 0 aliphatic carbocycles. The summed E-state index contributed by atoms with van der Waals surface area (Å²) in [6.45, 7) is 8.37. The van der Waals surface area contributed by atoms with Crippen molar-refractivity contribution < 1.29 is 9.31 Å². The molecule has 0 atom stereocenters. The summed E-state index contributed by atoms with van der Waals surface area (Å²) in [5.41, 5.74) is 5.52. The highest BCUT2D eigenvalue weighted by molar-refractivity contribution is 6.62. The van der Waals surface area contributed by atoms with Crippen molar-refractivity contribution in [1.82, 2.24) is 9.38 Å². The molecule has 0 spiro atoms. The van der Waals surface area contributed by atoms with Crippen molar-refractivity contribution >= 4 is 39.8 Å². The molecule has 1 saturated heterocycles. The van der Waals surface area contributed by atoms with Crippen LogP contribution in [-0.2, 0) is 9.31 Å². The van der Waals surface area contributed by atoms with Crippen LogP contribution in [0.3, 0.4) is 0 Å². The van der Waals surface area contributed by atoms with Crippen LogP contribution in [0, 0.1) is 0 Å². The molecule has 0 unspecified atom stereocenters. The molecule has 1 aliphatic heterocycles. The highest BCUT2D eigenvalue weighted by Gasteiger charge is 2.51. The third kappa shape index (κ3) is 3.43. The molecule has 0 N–H and O–H groups in total. The van der Waals surface area contributed by atoms with Gasteiger partial charge in [-0.2, -0.15) is 0 Å². The molecule has 7 rings (SSSR count). The first-order valence-electron chi connectivity index (χ1n) is 13.2. The number of aromatic nitrogens is 2. The Bertz CT molecular complexity index is 1810. The van der Waals surface area contributed by atoms with E-state index in [2.05, 4.69) is 123 Å². The van der Waals surface area contributed by atoms with Gasteiger partial charge in [-0.25, -0.2) is 4.98 Å². The second-order valence-electron chi connectivity index (χ2n) is 11.1. The van der Waals surface area contributed by atoms with Crippen LogP contribution in [0.2, 0.25) is 0 Å². The van der Waals surface area contributed by atoms with Gasteiger partial charge in [0.05, 0.1) is 27.9 Å². The maximum Gasteiger partial charge on any atom is 0.494 e. The van der Waals surface area contributed by atoms with Gasteiger partial charge in [-0.05, 0) is 44.6 Å². The Hall–Kier alpha value is -3.93. The molecule has 0 saturated carbocycles. The predicted molar refractivity (Wildman–Crippen MR) is 157 cm³/mol. The lowest BCUT2D eigenvalue weighted by atomic mass is 9.78. The van der Waals surface area contributed by atoms with E-state index in [1.807, 2.05) is 12.1 Å². The van der Waals surface area contributed by atoms with Crippen molar-refractivity contribution in [2.45, 2.75) is 38.9 Å². The molecule has 1 fully saturated rings. The lowest BCUT2D eigenvalue weighted by molar-refractivity contribution is 0.00578. The zero-order valence-electron chi connectivity index (χ0n) is 22.1. The second kappa shape index (κ2) is 8.29. The number of pyridine rings is 1. The van der Waals surface area contributed by atoms with E-state index in [9.17, 15) is 0 Å². The average molecular weight is 496 g/mol. The van der Waals surface area contributed by atoms with Crippen LogP contribution in [0.1, 0.15) is 27.7 Å². The quantitative estimate of drug-likeness (QED) is 0.191. The van der Waals surface area contributed by atoms with E-state index in [1.165, 1.54) is 16.2 Å². The lowest BCUT2D eigenvalue weighted by Crippen LogP contribution is -2.41. The molecular formula is C33H29BN2O2. The molecule has 6 aromatic rings. The molecular weight excluding hydrogens is 467 g/mol. The molecule has 186 valence electrons. The van der Waals surface area contributed by atoms with E-state index in [1.54, 1.807) is 0 Å². The highest BCUT2D eigenvalue weighted by Crippen LogP contribution is 2.40. The van der Waals surface area contributed by atoms with Crippen LogP contribution in [0.15, 0.2) is 103 Å². The van der Waals surface area contributed by atoms with Crippen molar-refractivity contribution in [2.75, 3.05) is 0 Å².